The molecule has 6 heteroatoms. The van der Waals surface area contributed by atoms with Gasteiger partial charge in [-0.05, 0) is 31.5 Å². The number of rotatable bonds is 3. The van der Waals surface area contributed by atoms with Crippen LogP contribution in [0.1, 0.15) is 22.8 Å². The fourth-order valence-electron chi connectivity index (χ4n) is 2.23. The number of ether oxygens (including phenoxy) is 1. The van der Waals surface area contributed by atoms with Crippen molar-refractivity contribution in [3.63, 3.8) is 0 Å². The minimum atomic E-state index is -0.547. The normalized spacial score (nSPS) is 16.4. The number of nitrogens with one attached hydrogen (secondary N) is 1. The standard InChI is InChI=1S/C15H19BrN2O3/c1-10-3-4-12(16)9-13(10)14(19)17-11(2)15(20)18-5-7-21-8-6-18/h3-4,9,11H,5-8H2,1-2H3,(H,17,19). The Kier molecular flexibility index (Phi) is 5.36. The minimum Gasteiger partial charge on any atom is -0.378 e. The number of halogens is 1. The van der Waals surface area contributed by atoms with Crippen LogP contribution in [0.15, 0.2) is 22.7 Å². The largest absolute Gasteiger partial charge is 0.378 e. The molecule has 1 fully saturated rings. The average molecular weight is 355 g/mol. The maximum absolute atomic E-state index is 12.3. The van der Waals surface area contributed by atoms with Gasteiger partial charge in [-0.2, -0.15) is 0 Å². The topological polar surface area (TPSA) is 58.6 Å². The molecule has 0 aromatic heterocycles. The molecule has 5 nitrogen and oxygen atoms in total. The van der Waals surface area contributed by atoms with Gasteiger partial charge in [-0.15, -0.1) is 0 Å². The summed E-state index contributed by atoms with van der Waals surface area (Å²) in [6, 6.07) is 4.97. The van der Waals surface area contributed by atoms with Crippen molar-refractivity contribution >= 4 is 27.7 Å². The zero-order valence-corrected chi connectivity index (χ0v) is 13.8. The fraction of sp³-hybridized carbons (Fsp3) is 0.467. The molecule has 2 amide bonds. The van der Waals surface area contributed by atoms with Gasteiger partial charge in [0.05, 0.1) is 13.2 Å². The third-order valence-corrected chi connectivity index (χ3v) is 3.98. The van der Waals surface area contributed by atoms with Crippen LogP contribution in [0.4, 0.5) is 0 Å². The van der Waals surface area contributed by atoms with Gasteiger partial charge in [-0.1, -0.05) is 22.0 Å². The number of morpholine rings is 1. The number of aryl methyl sites for hydroxylation is 1. The van der Waals surface area contributed by atoms with E-state index in [0.29, 0.717) is 31.9 Å². The average Bonchev–Trinajstić information content (AvgIpc) is 2.49. The maximum Gasteiger partial charge on any atom is 0.252 e. The summed E-state index contributed by atoms with van der Waals surface area (Å²) in [6.07, 6.45) is 0. The molecule has 1 atom stereocenters. The second kappa shape index (κ2) is 7.04. The van der Waals surface area contributed by atoms with Crippen LogP contribution >= 0.6 is 15.9 Å². The number of amides is 2. The molecule has 2 rings (SSSR count). The molecule has 1 aromatic rings. The van der Waals surface area contributed by atoms with Crippen LogP contribution in [-0.4, -0.2) is 49.1 Å². The quantitative estimate of drug-likeness (QED) is 0.899. The molecule has 114 valence electrons. The molecule has 0 aliphatic carbocycles. The van der Waals surface area contributed by atoms with Gasteiger partial charge in [0.15, 0.2) is 0 Å². The van der Waals surface area contributed by atoms with Gasteiger partial charge >= 0.3 is 0 Å². The maximum atomic E-state index is 12.3. The predicted molar refractivity (Wildman–Crippen MR) is 83.2 cm³/mol. The lowest BCUT2D eigenvalue weighted by Gasteiger charge is -2.29. The number of nitrogens with zero attached hydrogens (tertiary/aromatic N) is 1. The SMILES string of the molecule is Cc1ccc(Br)cc1C(=O)NC(C)C(=O)N1CCOCC1. The molecular formula is C15H19BrN2O3. The third-order valence-electron chi connectivity index (χ3n) is 3.49. The van der Waals surface area contributed by atoms with E-state index in [-0.39, 0.29) is 11.8 Å². The Morgan fingerprint density at radius 3 is 2.67 bits per heavy atom. The Labute approximate surface area is 132 Å². The summed E-state index contributed by atoms with van der Waals surface area (Å²) in [7, 11) is 0. The van der Waals surface area contributed by atoms with Gasteiger partial charge < -0.3 is 15.0 Å². The number of hydrogen-bond acceptors (Lipinski definition) is 3. The van der Waals surface area contributed by atoms with E-state index in [0.717, 1.165) is 10.0 Å². The Morgan fingerprint density at radius 2 is 2.00 bits per heavy atom. The molecule has 21 heavy (non-hydrogen) atoms. The van der Waals surface area contributed by atoms with Gasteiger partial charge in [-0.3, -0.25) is 9.59 Å². The van der Waals surface area contributed by atoms with Crippen LogP contribution in [0.25, 0.3) is 0 Å². The lowest BCUT2D eigenvalue weighted by Crippen LogP contribution is -2.50. The van der Waals surface area contributed by atoms with Crippen molar-refractivity contribution < 1.29 is 14.3 Å². The second-order valence-electron chi connectivity index (χ2n) is 5.09. The highest BCUT2D eigenvalue weighted by molar-refractivity contribution is 9.10. The van der Waals surface area contributed by atoms with Crippen LogP contribution in [0.5, 0.6) is 0 Å². The Morgan fingerprint density at radius 1 is 1.33 bits per heavy atom. The van der Waals surface area contributed by atoms with Gasteiger partial charge in [-0.25, -0.2) is 0 Å². The first-order valence-corrected chi connectivity index (χ1v) is 7.72. The molecule has 0 bridgehead atoms. The third kappa shape index (κ3) is 4.04. The van der Waals surface area contributed by atoms with Crippen molar-refractivity contribution in [3.05, 3.63) is 33.8 Å². The van der Waals surface area contributed by atoms with E-state index in [2.05, 4.69) is 21.2 Å². The highest BCUT2D eigenvalue weighted by Gasteiger charge is 2.24. The van der Waals surface area contributed by atoms with Crippen LogP contribution in [0.2, 0.25) is 0 Å². The van der Waals surface area contributed by atoms with Crippen LogP contribution in [0, 0.1) is 6.92 Å². The zero-order chi connectivity index (χ0) is 15.4. The molecule has 1 aliphatic heterocycles. The Hall–Kier alpha value is -1.40. The van der Waals surface area contributed by atoms with Crippen molar-refractivity contribution in [2.75, 3.05) is 26.3 Å². The molecule has 1 aromatic carbocycles. The van der Waals surface area contributed by atoms with Crippen molar-refractivity contribution in [2.24, 2.45) is 0 Å². The molecule has 1 aliphatic rings. The van der Waals surface area contributed by atoms with Gasteiger partial charge in [0, 0.05) is 23.1 Å². The molecule has 0 radical (unpaired) electrons. The van der Waals surface area contributed by atoms with E-state index in [9.17, 15) is 9.59 Å². The lowest BCUT2D eigenvalue weighted by molar-refractivity contribution is -0.136. The zero-order valence-electron chi connectivity index (χ0n) is 12.2. The smallest absolute Gasteiger partial charge is 0.252 e. The number of carbonyl (C=O) groups is 2. The summed E-state index contributed by atoms with van der Waals surface area (Å²) in [5.41, 5.74) is 1.45. The monoisotopic (exact) mass is 354 g/mol. The van der Waals surface area contributed by atoms with E-state index in [1.165, 1.54) is 0 Å². The first-order chi connectivity index (χ1) is 9.99. The predicted octanol–water partition coefficient (Wildman–Crippen LogP) is 1.73. The molecule has 1 unspecified atom stereocenters. The van der Waals surface area contributed by atoms with Crippen LogP contribution in [0.3, 0.4) is 0 Å². The molecule has 1 heterocycles. The van der Waals surface area contributed by atoms with Gasteiger partial charge in [0.25, 0.3) is 5.91 Å². The molecule has 1 saturated heterocycles. The van der Waals surface area contributed by atoms with Crippen molar-refractivity contribution in [1.82, 2.24) is 10.2 Å². The van der Waals surface area contributed by atoms with Crippen molar-refractivity contribution in [3.8, 4) is 0 Å². The van der Waals surface area contributed by atoms with E-state index in [1.54, 1.807) is 17.9 Å². The van der Waals surface area contributed by atoms with E-state index in [4.69, 9.17) is 4.74 Å². The molecule has 0 spiro atoms. The fourth-order valence-corrected chi connectivity index (χ4v) is 2.59. The second-order valence-corrected chi connectivity index (χ2v) is 6.01. The molecule has 0 saturated carbocycles. The van der Waals surface area contributed by atoms with Gasteiger partial charge in [0.1, 0.15) is 6.04 Å². The summed E-state index contributed by atoms with van der Waals surface area (Å²) in [4.78, 5) is 26.3. The van der Waals surface area contributed by atoms with Crippen molar-refractivity contribution in [2.45, 2.75) is 19.9 Å². The van der Waals surface area contributed by atoms with E-state index < -0.39 is 6.04 Å². The molecular weight excluding hydrogens is 336 g/mol. The minimum absolute atomic E-state index is 0.0701. The van der Waals surface area contributed by atoms with E-state index >= 15 is 0 Å². The summed E-state index contributed by atoms with van der Waals surface area (Å²) < 4.78 is 6.06. The number of benzene rings is 1. The first kappa shape index (κ1) is 16.0. The Balaban J connectivity index is 2.01. The summed E-state index contributed by atoms with van der Waals surface area (Å²) in [5.74, 6) is -0.304. The highest BCUT2D eigenvalue weighted by atomic mass is 79.9. The summed E-state index contributed by atoms with van der Waals surface area (Å²) >= 11 is 3.35. The number of carbonyl (C=O) groups excluding carboxylic acids is 2. The summed E-state index contributed by atoms with van der Waals surface area (Å²) in [6.45, 7) is 5.84. The van der Waals surface area contributed by atoms with Crippen LogP contribution in [-0.2, 0) is 9.53 Å². The van der Waals surface area contributed by atoms with E-state index in [1.807, 2.05) is 19.1 Å². The van der Waals surface area contributed by atoms with Gasteiger partial charge in [0.2, 0.25) is 5.91 Å². The van der Waals surface area contributed by atoms with Crippen molar-refractivity contribution in [1.29, 1.82) is 0 Å². The highest BCUT2D eigenvalue weighted by Crippen LogP contribution is 2.16. The first-order valence-electron chi connectivity index (χ1n) is 6.92. The lowest BCUT2D eigenvalue weighted by atomic mass is 10.1. The van der Waals surface area contributed by atoms with Crippen LogP contribution < -0.4 is 5.32 Å². The Bertz CT molecular complexity index is 542. The molecule has 1 N–H and O–H groups in total. The number of hydrogen-bond donors (Lipinski definition) is 1. The summed E-state index contributed by atoms with van der Waals surface area (Å²) in [5, 5.41) is 2.77.